The molecule has 0 fully saturated rings. The molecule has 0 N–H and O–H groups in total. The minimum atomic E-state index is -0.122. The lowest BCUT2D eigenvalue weighted by atomic mass is 10.2. The number of aryl methyl sites for hydroxylation is 1. The van der Waals surface area contributed by atoms with Crippen LogP contribution in [-0.2, 0) is 7.05 Å². The number of ketones is 1. The van der Waals surface area contributed by atoms with Gasteiger partial charge in [0.05, 0.1) is 17.4 Å². The number of para-hydroxylation sites is 1. The summed E-state index contributed by atoms with van der Waals surface area (Å²) >= 11 is 0. The zero-order chi connectivity index (χ0) is 13.2. The Bertz CT molecular complexity index is 712. The van der Waals surface area contributed by atoms with Gasteiger partial charge in [0, 0.05) is 19.4 Å². The Labute approximate surface area is 110 Å². The third-order valence-electron chi connectivity index (χ3n) is 2.81. The summed E-state index contributed by atoms with van der Waals surface area (Å²) in [6.45, 7) is 0. The van der Waals surface area contributed by atoms with Gasteiger partial charge in [-0.2, -0.15) is 10.2 Å². The lowest BCUT2D eigenvalue weighted by Gasteiger charge is -1.99. The number of hydrogen-bond acceptors (Lipinski definition) is 3. The highest BCUT2D eigenvalue weighted by Gasteiger charge is 2.14. The minimum absolute atomic E-state index is 0.122. The molecule has 0 aliphatic rings. The van der Waals surface area contributed by atoms with Crippen LogP contribution in [0.4, 0.5) is 0 Å². The second-order valence-corrected chi connectivity index (χ2v) is 4.21. The molecule has 0 aliphatic heterocycles. The maximum atomic E-state index is 12.2. The first-order valence-corrected chi connectivity index (χ1v) is 5.88. The summed E-state index contributed by atoms with van der Waals surface area (Å²) in [4.78, 5) is 12.2. The van der Waals surface area contributed by atoms with Crippen LogP contribution in [0.15, 0.2) is 55.0 Å². The molecular weight excluding hydrogens is 240 g/mol. The number of benzene rings is 1. The van der Waals surface area contributed by atoms with Gasteiger partial charge >= 0.3 is 0 Å². The first-order valence-electron chi connectivity index (χ1n) is 5.88. The highest BCUT2D eigenvalue weighted by molar-refractivity contribution is 6.07. The van der Waals surface area contributed by atoms with E-state index >= 15 is 0 Å². The average Bonchev–Trinajstić information content (AvgIpc) is 3.08. The van der Waals surface area contributed by atoms with Crippen LogP contribution in [0.1, 0.15) is 16.1 Å². The molecule has 1 aromatic carbocycles. The van der Waals surface area contributed by atoms with Gasteiger partial charge in [-0.1, -0.05) is 18.2 Å². The molecular formula is C14H12N4O. The molecule has 0 unspecified atom stereocenters. The third-order valence-corrected chi connectivity index (χ3v) is 2.81. The highest BCUT2D eigenvalue weighted by atomic mass is 16.1. The molecule has 19 heavy (non-hydrogen) atoms. The predicted octanol–water partition coefficient (Wildman–Crippen LogP) is 1.84. The molecule has 3 aromatic rings. The highest BCUT2D eigenvalue weighted by Crippen LogP contribution is 2.10. The summed E-state index contributed by atoms with van der Waals surface area (Å²) in [6.07, 6.45) is 5.01. The van der Waals surface area contributed by atoms with Gasteiger partial charge in [0.25, 0.3) is 0 Å². The number of carbonyl (C=O) groups is 1. The average molecular weight is 252 g/mol. The van der Waals surface area contributed by atoms with Crippen molar-refractivity contribution in [2.24, 2.45) is 7.05 Å². The molecule has 0 spiro atoms. The Morgan fingerprint density at radius 2 is 1.95 bits per heavy atom. The minimum Gasteiger partial charge on any atom is -0.287 e. The molecule has 0 saturated heterocycles. The van der Waals surface area contributed by atoms with Gasteiger partial charge in [-0.3, -0.25) is 9.48 Å². The molecule has 3 rings (SSSR count). The number of rotatable bonds is 3. The zero-order valence-corrected chi connectivity index (χ0v) is 10.4. The van der Waals surface area contributed by atoms with Crippen molar-refractivity contribution in [3.05, 3.63) is 66.2 Å². The maximum Gasteiger partial charge on any atom is 0.216 e. The molecule has 2 heterocycles. The van der Waals surface area contributed by atoms with Crippen LogP contribution >= 0.6 is 0 Å². The van der Waals surface area contributed by atoms with E-state index in [2.05, 4.69) is 10.2 Å². The lowest BCUT2D eigenvalue weighted by Crippen LogP contribution is -2.03. The van der Waals surface area contributed by atoms with Crippen LogP contribution in [-0.4, -0.2) is 25.3 Å². The number of hydrogen-bond donors (Lipinski definition) is 0. The summed E-state index contributed by atoms with van der Waals surface area (Å²) in [6, 6.07) is 11.4. The largest absolute Gasteiger partial charge is 0.287 e. The van der Waals surface area contributed by atoms with Crippen molar-refractivity contribution >= 4 is 5.78 Å². The van der Waals surface area contributed by atoms with Crippen LogP contribution in [0.3, 0.4) is 0 Å². The normalized spacial score (nSPS) is 10.6. The van der Waals surface area contributed by atoms with Crippen molar-refractivity contribution in [1.82, 2.24) is 19.6 Å². The quantitative estimate of drug-likeness (QED) is 0.668. The van der Waals surface area contributed by atoms with E-state index in [0.29, 0.717) is 11.3 Å². The van der Waals surface area contributed by atoms with Gasteiger partial charge in [0.1, 0.15) is 5.69 Å². The van der Waals surface area contributed by atoms with Crippen molar-refractivity contribution in [2.45, 2.75) is 0 Å². The molecule has 94 valence electrons. The summed E-state index contributed by atoms with van der Waals surface area (Å²) < 4.78 is 3.28. The molecule has 0 aliphatic carbocycles. The fourth-order valence-electron chi connectivity index (χ4n) is 1.86. The van der Waals surface area contributed by atoms with Gasteiger partial charge in [-0.15, -0.1) is 0 Å². The number of aromatic nitrogens is 4. The fourth-order valence-corrected chi connectivity index (χ4v) is 1.86. The summed E-state index contributed by atoms with van der Waals surface area (Å²) in [5, 5.41) is 8.29. The van der Waals surface area contributed by atoms with E-state index in [9.17, 15) is 4.79 Å². The Hall–Kier alpha value is -2.69. The Morgan fingerprint density at radius 3 is 2.63 bits per heavy atom. The van der Waals surface area contributed by atoms with Crippen LogP contribution in [0.25, 0.3) is 5.69 Å². The van der Waals surface area contributed by atoms with E-state index in [1.807, 2.05) is 30.3 Å². The third kappa shape index (κ3) is 2.18. The van der Waals surface area contributed by atoms with E-state index in [0.717, 1.165) is 5.69 Å². The summed E-state index contributed by atoms with van der Waals surface area (Å²) in [7, 11) is 1.78. The molecule has 0 atom stereocenters. The molecule has 0 bridgehead atoms. The first-order chi connectivity index (χ1) is 9.24. The second-order valence-electron chi connectivity index (χ2n) is 4.21. The number of nitrogens with zero attached hydrogens (tertiary/aromatic N) is 4. The van der Waals surface area contributed by atoms with Gasteiger partial charge < -0.3 is 0 Å². The Kier molecular flexibility index (Phi) is 2.72. The van der Waals surface area contributed by atoms with Crippen molar-refractivity contribution in [3.63, 3.8) is 0 Å². The first kappa shape index (κ1) is 11.4. The van der Waals surface area contributed by atoms with Gasteiger partial charge in [0.2, 0.25) is 5.78 Å². The smallest absolute Gasteiger partial charge is 0.216 e. The predicted molar refractivity (Wildman–Crippen MR) is 70.2 cm³/mol. The standard InChI is InChI=1S/C14H12N4O/c1-17-10-11(9-15-17)14(19)13-7-8-18(16-13)12-5-3-2-4-6-12/h2-10H,1H3. The van der Waals surface area contributed by atoms with E-state index < -0.39 is 0 Å². The lowest BCUT2D eigenvalue weighted by molar-refractivity contribution is 0.103. The van der Waals surface area contributed by atoms with Crippen LogP contribution in [0.2, 0.25) is 0 Å². The van der Waals surface area contributed by atoms with Crippen molar-refractivity contribution in [3.8, 4) is 5.69 Å². The Balaban J connectivity index is 1.92. The van der Waals surface area contributed by atoms with Crippen LogP contribution in [0.5, 0.6) is 0 Å². The van der Waals surface area contributed by atoms with Crippen LogP contribution in [0, 0.1) is 0 Å². The zero-order valence-electron chi connectivity index (χ0n) is 10.4. The van der Waals surface area contributed by atoms with Crippen molar-refractivity contribution in [2.75, 3.05) is 0 Å². The molecule has 5 nitrogen and oxygen atoms in total. The summed E-state index contributed by atoms with van der Waals surface area (Å²) in [5.74, 6) is -0.122. The molecule has 2 aromatic heterocycles. The van der Waals surface area contributed by atoms with Gasteiger partial charge in [-0.25, -0.2) is 4.68 Å². The molecule has 0 radical (unpaired) electrons. The van der Waals surface area contributed by atoms with E-state index in [4.69, 9.17) is 0 Å². The molecule has 0 amide bonds. The Morgan fingerprint density at radius 1 is 1.16 bits per heavy atom. The second kappa shape index (κ2) is 4.53. The summed E-state index contributed by atoms with van der Waals surface area (Å²) in [5.41, 5.74) is 1.88. The molecule has 5 heteroatoms. The van der Waals surface area contributed by atoms with Crippen molar-refractivity contribution < 1.29 is 4.79 Å². The number of carbonyl (C=O) groups excluding carboxylic acids is 1. The SMILES string of the molecule is Cn1cc(C(=O)c2ccn(-c3ccccc3)n2)cn1. The topological polar surface area (TPSA) is 52.7 Å². The van der Waals surface area contributed by atoms with E-state index in [1.54, 1.807) is 41.1 Å². The molecule has 0 saturated carbocycles. The fraction of sp³-hybridized carbons (Fsp3) is 0.0714. The maximum absolute atomic E-state index is 12.2. The van der Waals surface area contributed by atoms with E-state index in [-0.39, 0.29) is 5.78 Å². The van der Waals surface area contributed by atoms with Gasteiger partial charge in [0.15, 0.2) is 0 Å². The monoisotopic (exact) mass is 252 g/mol. The van der Waals surface area contributed by atoms with E-state index in [1.165, 1.54) is 0 Å². The van der Waals surface area contributed by atoms with Crippen LogP contribution < -0.4 is 0 Å². The van der Waals surface area contributed by atoms with Gasteiger partial charge in [-0.05, 0) is 18.2 Å². The van der Waals surface area contributed by atoms with Crippen molar-refractivity contribution in [1.29, 1.82) is 0 Å².